The molecule has 1 aromatic carbocycles. The summed E-state index contributed by atoms with van der Waals surface area (Å²) in [5.41, 5.74) is 3.09. The highest BCUT2D eigenvalue weighted by Gasteiger charge is 2.33. The Balaban J connectivity index is 1.66. The lowest BCUT2D eigenvalue weighted by Gasteiger charge is -2.24. The van der Waals surface area contributed by atoms with Crippen LogP contribution in [0.1, 0.15) is 34.9 Å². The SMILES string of the molecule is COc1cccc(-c2[nH]ncc2C(=O)N2CCCC2c2ccccn2)c1. The van der Waals surface area contributed by atoms with Gasteiger partial charge in [0.15, 0.2) is 0 Å². The minimum absolute atomic E-state index is 0.0109. The third kappa shape index (κ3) is 2.94. The minimum Gasteiger partial charge on any atom is -0.497 e. The number of benzene rings is 1. The van der Waals surface area contributed by atoms with Crippen LogP contribution in [-0.2, 0) is 0 Å². The van der Waals surface area contributed by atoms with Crippen molar-refractivity contribution in [3.05, 3.63) is 66.1 Å². The smallest absolute Gasteiger partial charge is 0.258 e. The number of pyridine rings is 1. The van der Waals surface area contributed by atoms with Gasteiger partial charge in [-0.3, -0.25) is 14.9 Å². The van der Waals surface area contributed by atoms with Gasteiger partial charge < -0.3 is 9.64 Å². The molecule has 0 aliphatic carbocycles. The number of H-pyrrole nitrogens is 1. The topological polar surface area (TPSA) is 71.1 Å². The lowest BCUT2D eigenvalue weighted by molar-refractivity contribution is 0.0734. The maximum Gasteiger partial charge on any atom is 0.258 e. The average Bonchev–Trinajstić information content (AvgIpc) is 3.38. The lowest BCUT2D eigenvalue weighted by Crippen LogP contribution is -2.31. The van der Waals surface area contributed by atoms with E-state index < -0.39 is 0 Å². The maximum absolute atomic E-state index is 13.2. The summed E-state index contributed by atoms with van der Waals surface area (Å²) in [6.07, 6.45) is 5.27. The molecule has 4 rings (SSSR count). The Morgan fingerprint density at radius 2 is 2.19 bits per heavy atom. The molecule has 1 N–H and O–H groups in total. The van der Waals surface area contributed by atoms with Gasteiger partial charge >= 0.3 is 0 Å². The van der Waals surface area contributed by atoms with Crippen LogP contribution < -0.4 is 4.74 Å². The molecule has 1 unspecified atom stereocenters. The molecule has 3 heterocycles. The van der Waals surface area contributed by atoms with Gasteiger partial charge in [0.2, 0.25) is 0 Å². The van der Waals surface area contributed by atoms with Crippen molar-refractivity contribution >= 4 is 5.91 Å². The Kier molecular flexibility index (Phi) is 4.39. The number of aromatic amines is 1. The molecule has 0 saturated carbocycles. The van der Waals surface area contributed by atoms with Gasteiger partial charge in [-0.15, -0.1) is 0 Å². The number of carbonyl (C=O) groups is 1. The zero-order chi connectivity index (χ0) is 17.9. The first-order valence-electron chi connectivity index (χ1n) is 8.67. The molecule has 0 spiro atoms. The van der Waals surface area contributed by atoms with Crippen molar-refractivity contribution in [3.8, 4) is 17.0 Å². The highest BCUT2D eigenvalue weighted by Crippen LogP contribution is 2.34. The first kappa shape index (κ1) is 16.3. The van der Waals surface area contributed by atoms with Gasteiger partial charge in [-0.05, 0) is 37.1 Å². The van der Waals surface area contributed by atoms with Crippen LogP contribution in [0.15, 0.2) is 54.9 Å². The molecular formula is C20H20N4O2. The van der Waals surface area contributed by atoms with E-state index in [9.17, 15) is 4.79 Å². The molecule has 26 heavy (non-hydrogen) atoms. The molecule has 0 bridgehead atoms. The largest absolute Gasteiger partial charge is 0.497 e. The number of carbonyl (C=O) groups excluding carboxylic acids is 1. The molecule has 1 atom stereocenters. The van der Waals surface area contributed by atoms with Gasteiger partial charge in [-0.1, -0.05) is 18.2 Å². The third-order valence-electron chi connectivity index (χ3n) is 4.77. The standard InChI is InChI=1S/C20H20N4O2/c1-26-15-7-4-6-14(12-15)19-16(13-22-23-19)20(25)24-11-5-9-18(24)17-8-2-3-10-21-17/h2-4,6-8,10,12-13,18H,5,9,11H2,1H3,(H,22,23). The summed E-state index contributed by atoms with van der Waals surface area (Å²) in [5, 5.41) is 7.08. The Morgan fingerprint density at radius 1 is 1.27 bits per heavy atom. The van der Waals surface area contributed by atoms with Crippen molar-refractivity contribution in [2.75, 3.05) is 13.7 Å². The molecule has 0 radical (unpaired) electrons. The van der Waals surface area contributed by atoms with E-state index in [1.807, 2.05) is 47.4 Å². The monoisotopic (exact) mass is 348 g/mol. The number of rotatable bonds is 4. The summed E-state index contributed by atoms with van der Waals surface area (Å²) in [5.74, 6) is 0.716. The van der Waals surface area contributed by atoms with E-state index in [0.717, 1.165) is 36.4 Å². The van der Waals surface area contributed by atoms with Crippen LogP contribution in [-0.4, -0.2) is 39.6 Å². The Bertz CT molecular complexity index is 907. The lowest BCUT2D eigenvalue weighted by atomic mass is 10.1. The second-order valence-corrected chi connectivity index (χ2v) is 6.30. The fraction of sp³-hybridized carbons (Fsp3) is 0.250. The highest BCUT2D eigenvalue weighted by atomic mass is 16.5. The first-order valence-corrected chi connectivity index (χ1v) is 8.67. The number of likely N-dealkylation sites (tertiary alicyclic amines) is 1. The van der Waals surface area contributed by atoms with Crippen LogP contribution in [0.5, 0.6) is 5.75 Å². The normalized spacial score (nSPS) is 16.7. The van der Waals surface area contributed by atoms with Gasteiger partial charge in [0.1, 0.15) is 5.75 Å². The molecule has 1 amide bonds. The number of methoxy groups -OCH3 is 1. The number of ether oxygens (including phenoxy) is 1. The third-order valence-corrected chi connectivity index (χ3v) is 4.77. The number of amides is 1. The van der Waals surface area contributed by atoms with Crippen LogP contribution in [0, 0.1) is 0 Å². The molecule has 1 aliphatic heterocycles. The van der Waals surface area contributed by atoms with E-state index in [2.05, 4.69) is 15.2 Å². The molecule has 1 aliphatic rings. The molecule has 6 heteroatoms. The van der Waals surface area contributed by atoms with Crippen LogP contribution >= 0.6 is 0 Å². The van der Waals surface area contributed by atoms with E-state index in [1.165, 1.54) is 0 Å². The van der Waals surface area contributed by atoms with Crippen molar-refractivity contribution in [2.45, 2.75) is 18.9 Å². The number of hydrogen-bond acceptors (Lipinski definition) is 4. The van der Waals surface area contributed by atoms with E-state index >= 15 is 0 Å². The summed E-state index contributed by atoms with van der Waals surface area (Å²) in [7, 11) is 1.62. The highest BCUT2D eigenvalue weighted by molar-refractivity contribution is 6.00. The fourth-order valence-corrected chi connectivity index (χ4v) is 3.49. The van der Waals surface area contributed by atoms with E-state index in [1.54, 1.807) is 19.5 Å². The van der Waals surface area contributed by atoms with Crippen LogP contribution in [0.4, 0.5) is 0 Å². The zero-order valence-electron chi connectivity index (χ0n) is 14.6. The Morgan fingerprint density at radius 3 is 3.00 bits per heavy atom. The van der Waals surface area contributed by atoms with Crippen molar-refractivity contribution in [1.29, 1.82) is 0 Å². The molecule has 1 fully saturated rings. The van der Waals surface area contributed by atoms with Gasteiger partial charge in [0.25, 0.3) is 5.91 Å². The van der Waals surface area contributed by atoms with Gasteiger partial charge in [-0.2, -0.15) is 5.10 Å². The van der Waals surface area contributed by atoms with Crippen molar-refractivity contribution in [3.63, 3.8) is 0 Å². The number of nitrogens with one attached hydrogen (secondary N) is 1. The molecule has 3 aromatic rings. The van der Waals surface area contributed by atoms with E-state index in [0.29, 0.717) is 11.3 Å². The second kappa shape index (κ2) is 7.00. The predicted molar refractivity (Wildman–Crippen MR) is 97.8 cm³/mol. The van der Waals surface area contributed by atoms with Gasteiger partial charge in [0.05, 0.1) is 36.3 Å². The van der Waals surface area contributed by atoms with Crippen LogP contribution in [0.2, 0.25) is 0 Å². The Labute approximate surface area is 151 Å². The Hall–Kier alpha value is -3.15. The molecular weight excluding hydrogens is 328 g/mol. The van der Waals surface area contributed by atoms with Gasteiger partial charge in [0, 0.05) is 18.3 Å². The summed E-state index contributed by atoms with van der Waals surface area (Å²) < 4.78 is 5.29. The van der Waals surface area contributed by atoms with E-state index in [4.69, 9.17) is 4.74 Å². The number of nitrogens with zero attached hydrogens (tertiary/aromatic N) is 3. The molecule has 6 nitrogen and oxygen atoms in total. The maximum atomic E-state index is 13.2. The summed E-state index contributed by atoms with van der Waals surface area (Å²) in [6, 6.07) is 13.4. The van der Waals surface area contributed by atoms with Crippen molar-refractivity contribution in [2.24, 2.45) is 0 Å². The average molecular weight is 348 g/mol. The number of aromatic nitrogens is 3. The van der Waals surface area contributed by atoms with Crippen LogP contribution in [0.3, 0.4) is 0 Å². The van der Waals surface area contributed by atoms with E-state index in [-0.39, 0.29) is 11.9 Å². The second-order valence-electron chi connectivity index (χ2n) is 6.30. The number of hydrogen-bond donors (Lipinski definition) is 1. The van der Waals surface area contributed by atoms with Gasteiger partial charge in [-0.25, -0.2) is 0 Å². The summed E-state index contributed by atoms with van der Waals surface area (Å²) in [4.78, 5) is 19.6. The predicted octanol–water partition coefficient (Wildman–Crippen LogP) is 3.46. The summed E-state index contributed by atoms with van der Waals surface area (Å²) in [6.45, 7) is 0.725. The summed E-state index contributed by atoms with van der Waals surface area (Å²) >= 11 is 0. The zero-order valence-corrected chi connectivity index (χ0v) is 14.6. The quantitative estimate of drug-likeness (QED) is 0.784. The molecule has 1 saturated heterocycles. The van der Waals surface area contributed by atoms with Crippen molar-refractivity contribution < 1.29 is 9.53 Å². The fourth-order valence-electron chi connectivity index (χ4n) is 3.49. The van der Waals surface area contributed by atoms with Crippen molar-refractivity contribution in [1.82, 2.24) is 20.1 Å². The molecule has 132 valence electrons. The molecule has 2 aromatic heterocycles. The minimum atomic E-state index is -0.0234. The first-order chi connectivity index (χ1) is 12.8. The van der Waals surface area contributed by atoms with Crippen LogP contribution in [0.25, 0.3) is 11.3 Å².